The van der Waals surface area contributed by atoms with Gasteiger partial charge in [0.25, 0.3) is 5.91 Å². The van der Waals surface area contributed by atoms with Gasteiger partial charge in [0.1, 0.15) is 11.4 Å². The maximum atomic E-state index is 12.5. The van der Waals surface area contributed by atoms with E-state index in [2.05, 4.69) is 20.2 Å². The summed E-state index contributed by atoms with van der Waals surface area (Å²) in [6.45, 7) is 1.39. The standard InChI is InChI=1S/C23H26N4O2/c1-27(16-11-19-7-12-24-13-8-19)20-10-15-25-22(17-20)23(28)26-14-9-18-3-5-21(29-2)6-4-18/h3-8,10,12-13,15,17H,9,11,14,16H2,1-2H3,(H,26,28). The van der Waals surface area contributed by atoms with Gasteiger partial charge in [-0.05, 0) is 60.4 Å². The zero-order valence-corrected chi connectivity index (χ0v) is 16.8. The van der Waals surface area contributed by atoms with E-state index in [-0.39, 0.29) is 5.91 Å². The number of methoxy groups -OCH3 is 1. The normalized spacial score (nSPS) is 10.4. The molecule has 0 aliphatic heterocycles. The van der Waals surface area contributed by atoms with Crippen LogP contribution in [0.5, 0.6) is 5.75 Å². The van der Waals surface area contributed by atoms with Gasteiger partial charge in [0.05, 0.1) is 7.11 Å². The summed E-state index contributed by atoms with van der Waals surface area (Å²) in [5.74, 6) is 0.662. The molecule has 0 spiro atoms. The van der Waals surface area contributed by atoms with Gasteiger partial charge >= 0.3 is 0 Å². The summed E-state index contributed by atoms with van der Waals surface area (Å²) >= 11 is 0. The maximum absolute atomic E-state index is 12.5. The fraction of sp³-hybridized carbons (Fsp3) is 0.261. The number of amides is 1. The molecule has 0 saturated carbocycles. The zero-order valence-electron chi connectivity index (χ0n) is 16.8. The van der Waals surface area contributed by atoms with Crippen LogP contribution in [0.1, 0.15) is 21.6 Å². The first-order valence-corrected chi connectivity index (χ1v) is 9.63. The fourth-order valence-electron chi connectivity index (χ4n) is 2.96. The van der Waals surface area contributed by atoms with Crippen LogP contribution in [-0.2, 0) is 12.8 Å². The predicted molar refractivity (Wildman–Crippen MR) is 114 cm³/mol. The molecule has 0 fully saturated rings. The lowest BCUT2D eigenvalue weighted by molar-refractivity contribution is 0.0949. The minimum absolute atomic E-state index is 0.164. The van der Waals surface area contributed by atoms with Crippen molar-refractivity contribution in [2.45, 2.75) is 12.8 Å². The maximum Gasteiger partial charge on any atom is 0.269 e. The zero-order chi connectivity index (χ0) is 20.5. The SMILES string of the molecule is COc1ccc(CCNC(=O)c2cc(N(C)CCc3ccncc3)ccn2)cc1. The molecule has 2 heterocycles. The first kappa shape index (κ1) is 20.3. The molecule has 0 radical (unpaired) electrons. The highest BCUT2D eigenvalue weighted by Crippen LogP contribution is 2.14. The van der Waals surface area contributed by atoms with Crippen LogP contribution in [0.2, 0.25) is 0 Å². The van der Waals surface area contributed by atoms with Crippen molar-refractivity contribution in [1.29, 1.82) is 0 Å². The summed E-state index contributed by atoms with van der Waals surface area (Å²) in [7, 11) is 3.66. The van der Waals surface area contributed by atoms with Gasteiger partial charge in [-0.3, -0.25) is 14.8 Å². The third-order valence-electron chi connectivity index (χ3n) is 4.76. The third kappa shape index (κ3) is 6.04. The van der Waals surface area contributed by atoms with Gasteiger partial charge in [0.15, 0.2) is 0 Å². The molecule has 3 rings (SSSR count). The van der Waals surface area contributed by atoms with Crippen molar-refractivity contribution in [2.75, 3.05) is 32.1 Å². The van der Waals surface area contributed by atoms with Gasteiger partial charge in [0.2, 0.25) is 0 Å². The third-order valence-corrected chi connectivity index (χ3v) is 4.76. The Labute approximate surface area is 171 Å². The predicted octanol–water partition coefficient (Wildman–Crippen LogP) is 3.14. The molecule has 0 aliphatic carbocycles. The Kier molecular flexibility index (Phi) is 7.16. The molecule has 1 aromatic carbocycles. The number of benzene rings is 1. The summed E-state index contributed by atoms with van der Waals surface area (Å²) in [6.07, 6.45) is 6.94. The van der Waals surface area contributed by atoms with Crippen molar-refractivity contribution in [3.8, 4) is 5.75 Å². The van der Waals surface area contributed by atoms with E-state index in [1.165, 1.54) is 5.56 Å². The number of rotatable bonds is 9. The Morgan fingerprint density at radius 1 is 1.00 bits per heavy atom. The second kappa shape index (κ2) is 10.2. The number of hydrogen-bond donors (Lipinski definition) is 1. The topological polar surface area (TPSA) is 67.3 Å². The molecular weight excluding hydrogens is 364 g/mol. The number of nitrogens with zero attached hydrogens (tertiary/aromatic N) is 3. The van der Waals surface area contributed by atoms with Gasteiger partial charge in [0, 0.05) is 44.4 Å². The molecule has 150 valence electrons. The molecule has 29 heavy (non-hydrogen) atoms. The smallest absolute Gasteiger partial charge is 0.269 e. The summed E-state index contributed by atoms with van der Waals surface area (Å²) in [6, 6.07) is 15.6. The Bertz CT molecular complexity index is 914. The van der Waals surface area contributed by atoms with Crippen LogP contribution in [-0.4, -0.2) is 43.1 Å². The summed E-state index contributed by atoms with van der Waals surface area (Å²) < 4.78 is 5.16. The monoisotopic (exact) mass is 390 g/mol. The van der Waals surface area contributed by atoms with Crippen molar-refractivity contribution in [3.63, 3.8) is 0 Å². The van der Waals surface area contributed by atoms with Crippen LogP contribution in [0.25, 0.3) is 0 Å². The molecule has 6 heteroatoms. The van der Waals surface area contributed by atoms with Crippen molar-refractivity contribution in [1.82, 2.24) is 15.3 Å². The number of ether oxygens (including phenoxy) is 1. The minimum Gasteiger partial charge on any atom is -0.497 e. The van der Waals surface area contributed by atoms with E-state index in [4.69, 9.17) is 4.74 Å². The average Bonchev–Trinajstić information content (AvgIpc) is 2.78. The Balaban J connectivity index is 1.51. The number of nitrogens with one attached hydrogen (secondary N) is 1. The van der Waals surface area contributed by atoms with Crippen molar-refractivity contribution in [3.05, 3.63) is 83.9 Å². The Hall–Kier alpha value is -3.41. The van der Waals surface area contributed by atoms with Crippen LogP contribution in [0.3, 0.4) is 0 Å². The average molecular weight is 390 g/mol. The van der Waals surface area contributed by atoms with Crippen LogP contribution in [0, 0.1) is 0 Å². The largest absolute Gasteiger partial charge is 0.497 e. The van der Waals surface area contributed by atoms with Gasteiger partial charge in [-0.15, -0.1) is 0 Å². The molecule has 6 nitrogen and oxygen atoms in total. The first-order valence-electron chi connectivity index (χ1n) is 9.63. The van der Waals surface area contributed by atoms with Crippen LogP contribution in [0.4, 0.5) is 5.69 Å². The molecule has 0 atom stereocenters. The van der Waals surface area contributed by atoms with Crippen molar-refractivity contribution >= 4 is 11.6 Å². The number of hydrogen-bond acceptors (Lipinski definition) is 5. The van der Waals surface area contributed by atoms with Crippen molar-refractivity contribution in [2.24, 2.45) is 0 Å². The lowest BCUT2D eigenvalue weighted by Gasteiger charge is -2.19. The van der Waals surface area contributed by atoms with Gasteiger partial charge in [-0.2, -0.15) is 0 Å². The summed E-state index contributed by atoms with van der Waals surface area (Å²) in [5, 5.41) is 2.94. The van der Waals surface area contributed by atoms with Crippen LogP contribution >= 0.6 is 0 Å². The lowest BCUT2D eigenvalue weighted by Crippen LogP contribution is -2.27. The van der Waals surface area contributed by atoms with E-state index in [1.807, 2.05) is 55.6 Å². The molecule has 1 amide bonds. The highest BCUT2D eigenvalue weighted by molar-refractivity contribution is 5.93. The van der Waals surface area contributed by atoms with Crippen LogP contribution in [0.15, 0.2) is 67.1 Å². The molecule has 2 aromatic heterocycles. The molecule has 0 bridgehead atoms. The first-order chi connectivity index (χ1) is 14.2. The highest BCUT2D eigenvalue weighted by Gasteiger charge is 2.10. The molecular formula is C23H26N4O2. The molecule has 0 saturated heterocycles. The minimum atomic E-state index is -0.164. The van der Waals surface area contributed by atoms with Gasteiger partial charge < -0.3 is 15.0 Å². The second-order valence-corrected chi connectivity index (χ2v) is 6.78. The van der Waals surface area contributed by atoms with E-state index >= 15 is 0 Å². The number of likely N-dealkylation sites (N-methyl/N-ethyl adjacent to an activating group) is 1. The molecule has 0 aliphatic rings. The van der Waals surface area contributed by atoms with E-state index < -0.39 is 0 Å². The number of aromatic nitrogens is 2. The van der Waals surface area contributed by atoms with Crippen LogP contribution < -0.4 is 15.0 Å². The number of anilines is 1. The summed E-state index contributed by atoms with van der Waals surface area (Å²) in [5.41, 5.74) is 3.77. The number of carbonyl (C=O) groups is 1. The second-order valence-electron chi connectivity index (χ2n) is 6.78. The van der Waals surface area contributed by atoms with E-state index in [0.29, 0.717) is 12.2 Å². The summed E-state index contributed by atoms with van der Waals surface area (Å²) in [4.78, 5) is 22.9. The molecule has 1 N–H and O–H groups in total. The number of pyridine rings is 2. The van der Waals surface area contributed by atoms with Gasteiger partial charge in [-0.25, -0.2) is 0 Å². The molecule has 0 unspecified atom stereocenters. The lowest BCUT2D eigenvalue weighted by atomic mass is 10.1. The van der Waals surface area contributed by atoms with E-state index in [1.54, 1.807) is 25.7 Å². The number of carbonyl (C=O) groups excluding carboxylic acids is 1. The van der Waals surface area contributed by atoms with E-state index in [9.17, 15) is 4.79 Å². The van der Waals surface area contributed by atoms with E-state index in [0.717, 1.165) is 36.4 Å². The Morgan fingerprint density at radius 2 is 1.72 bits per heavy atom. The highest BCUT2D eigenvalue weighted by atomic mass is 16.5. The van der Waals surface area contributed by atoms with Gasteiger partial charge in [-0.1, -0.05) is 12.1 Å². The Morgan fingerprint density at radius 3 is 2.45 bits per heavy atom. The quantitative estimate of drug-likeness (QED) is 0.608. The fourth-order valence-corrected chi connectivity index (χ4v) is 2.96. The molecule has 3 aromatic rings. The van der Waals surface area contributed by atoms with Crippen molar-refractivity contribution < 1.29 is 9.53 Å².